The number of halogens is 1. The molecule has 2 rings (SSSR count). The zero-order valence-corrected chi connectivity index (χ0v) is 14.2. The third kappa shape index (κ3) is 3.97. The van der Waals surface area contributed by atoms with E-state index in [0.717, 1.165) is 36.7 Å². The molecule has 1 amide bonds. The van der Waals surface area contributed by atoms with Gasteiger partial charge < -0.3 is 11.1 Å². The highest BCUT2D eigenvalue weighted by atomic mass is 35.5. The third-order valence-corrected chi connectivity index (χ3v) is 5.60. The van der Waals surface area contributed by atoms with Crippen LogP contribution in [0.2, 0.25) is 4.34 Å². The van der Waals surface area contributed by atoms with Crippen molar-refractivity contribution in [1.82, 2.24) is 10.2 Å². The van der Waals surface area contributed by atoms with Crippen LogP contribution in [0.15, 0.2) is 12.1 Å². The van der Waals surface area contributed by atoms with Crippen LogP contribution in [0.4, 0.5) is 0 Å². The first-order valence-electron chi connectivity index (χ1n) is 7.53. The van der Waals surface area contributed by atoms with E-state index in [1.165, 1.54) is 4.88 Å². The Morgan fingerprint density at radius 3 is 2.67 bits per heavy atom. The predicted molar refractivity (Wildman–Crippen MR) is 88.7 cm³/mol. The quantitative estimate of drug-likeness (QED) is 0.873. The molecule has 0 aromatic carbocycles. The second kappa shape index (κ2) is 7.58. The van der Waals surface area contributed by atoms with Crippen LogP contribution >= 0.6 is 22.9 Å². The van der Waals surface area contributed by atoms with E-state index in [4.69, 9.17) is 17.3 Å². The summed E-state index contributed by atoms with van der Waals surface area (Å²) >= 11 is 7.69. The lowest BCUT2D eigenvalue weighted by molar-refractivity contribution is -0.126. The maximum absolute atomic E-state index is 11.7. The van der Waals surface area contributed by atoms with Crippen molar-refractivity contribution >= 4 is 28.8 Å². The van der Waals surface area contributed by atoms with Crippen LogP contribution in [-0.2, 0) is 4.79 Å². The smallest absolute Gasteiger partial charge is 0.222 e. The Bertz CT molecular complexity index is 471. The number of nitrogens with zero attached hydrogens (tertiary/aromatic N) is 1. The third-order valence-electron chi connectivity index (χ3n) is 4.30. The number of piperidine rings is 1. The Labute approximate surface area is 135 Å². The second-order valence-corrected chi connectivity index (χ2v) is 7.33. The number of thiophene rings is 1. The van der Waals surface area contributed by atoms with Crippen molar-refractivity contribution in [1.29, 1.82) is 0 Å². The van der Waals surface area contributed by atoms with Gasteiger partial charge in [-0.25, -0.2) is 0 Å². The molecule has 1 aliphatic rings. The van der Waals surface area contributed by atoms with Gasteiger partial charge in [0.25, 0.3) is 0 Å². The maximum atomic E-state index is 11.7. The molecular weight excluding hydrogens is 306 g/mol. The number of hydrogen-bond acceptors (Lipinski definition) is 4. The summed E-state index contributed by atoms with van der Waals surface area (Å²) in [4.78, 5) is 15.4. The molecule has 118 valence electrons. The lowest BCUT2D eigenvalue weighted by atomic mass is 9.93. The van der Waals surface area contributed by atoms with Gasteiger partial charge in [-0.15, -0.1) is 11.3 Å². The van der Waals surface area contributed by atoms with Crippen LogP contribution in [-0.4, -0.2) is 37.0 Å². The molecule has 2 unspecified atom stereocenters. The first kappa shape index (κ1) is 16.7. The molecule has 2 heterocycles. The molecule has 1 fully saturated rings. The molecule has 0 bridgehead atoms. The Balaban J connectivity index is 2.07. The fraction of sp³-hybridized carbons (Fsp3) is 0.667. The van der Waals surface area contributed by atoms with Crippen molar-refractivity contribution in [2.75, 3.05) is 20.1 Å². The minimum absolute atomic E-state index is 0.0938. The first-order chi connectivity index (χ1) is 10.1. The average molecular weight is 330 g/mol. The van der Waals surface area contributed by atoms with Gasteiger partial charge in [0.15, 0.2) is 0 Å². The summed E-state index contributed by atoms with van der Waals surface area (Å²) in [5.41, 5.74) is 6.35. The van der Waals surface area contributed by atoms with Crippen molar-refractivity contribution in [2.24, 2.45) is 11.7 Å². The van der Waals surface area contributed by atoms with Gasteiger partial charge in [0.05, 0.1) is 10.4 Å². The van der Waals surface area contributed by atoms with Gasteiger partial charge in [-0.05, 0) is 44.5 Å². The summed E-state index contributed by atoms with van der Waals surface area (Å²) < 4.78 is 0.804. The van der Waals surface area contributed by atoms with Gasteiger partial charge >= 0.3 is 0 Å². The van der Waals surface area contributed by atoms with Crippen LogP contribution < -0.4 is 11.1 Å². The maximum Gasteiger partial charge on any atom is 0.222 e. The number of carbonyl (C=O) groups is 1. The van der Waals surface area contributed by atoms with Crippen LogP contribution in [0.1, 0.15) is 37.1 Å². The van der Waals surface area contributed by atoms with Crippen LogP contribution in [0.25, 0.3) is 0 Å². The van der Waals surface area contributed by atoms with Crippen molar-refractivity contribution in [2.45, 2.75) is 38.3 Å². The van der Waals surface area contributed by atoms with E-state index >= 15 is 0 Å². The highest BCUT2D eigenvalue weighted by Crippen LogP contribution is 2.35. The monoisotopic (exact) mass is 329 g/mol. The molecule has 1 saturated heterocycles. The zero-order chi connectivity index (χ0) is 15.4. The van der Waals surface area contributed by atoms with E-state index < -0.39 is 0 Å². The van der Waals surface area contributed by atoms with Gasteiger partial charge in [0.2, 0.25) is 5.91 Å². The molecule has 0 aliphatic carbocycles. The molecule has 1 aromatic heterocycles. The lowest BCUT2D eigenvalue weighted by Gasteiger charge is -2.39. The van der Waals surface area contributed by atoms with Crippen molar-refractivity contribution in [3.63, 3.8) is 0 Å². The predicted octanol–water partition coefficient (Wildman–Crippen LogP) is 2.64. The van der Waals surface area contributed by atoms with Crippen LogP contribution in [0.5, 0.6) is 0 Å². The van der Waals surface area contributed by atoms with Crippen molar-refractivity contribution in [3.05, 3.63) is 21.3 Å². The number of rotatable bonds is 5. The molecule has 2 atom stereocenters. The average Bonchev–Trinajstić information content (AvgIpc) is 2.93. The zero-order valence-electron chi connectivity index (χ0n) is 12.6. The highest BCUT2D eigenvalue weighted by molar-refractivity contribution is 7.16. The Morgan fingerprint density at radius 1 is 1.52 bits per heavy atom. The lowest BCUT2D eigenvalue weighted by Crippen LogP contribution is -2.46. The molecule has 21 heavy (non-hydrogen) atoms. The fourth-order valence-corrected chi connectivity index (χ4v) is 4.29. The fourth-order valence-electron chi connectivity index (χ4n) is 3.02. The number of amides is 1. The van der Waals surface area contributed by atoms with E-state index in [9.17, 15) is 4.79 Å². The Hall–Kier alpha value is -0.620. The minimum atomic E-state index is 0.0938. The molecule has 0 spiro atoms. The van der Waals surface area contributed by atoms with Gasteiger partial charge in [-0.3, -0.25) is 9.69 Å². The molecule has 0 radical (unpaired) electrons. The van der Waals surface area contributed by atoms with Crippen molar-refractivity contribution in [3.8, 4) is 0 Å². The number of carbonyl (C=O) groups excluding carboxylic acids is 1. The Morgan fingerprint density at radius 2 is 2.19 bits per heavy atom. The SMILES string of the molecule is CCC(N)C(c1ccc(Cl)s1)N1CCC(C(=O)NC)CC1. The van der Waals surface area contributed by atoms with Gasteiger partial charge in [-0.1, -0.05) is 18.5 Å². The molecule has 3 N–H and O–H groups in total. The topological polar surface area (TPSA) is 58.4 Å². The number of hydrogen-bond donors (Lipinski definition) is 2. The summed E-state index contributed by atoms with van der Waals surface area (Å²) in [6.45, 7) is 3.93. The summed E-state index contributed by atoms with van der Waals surface area (Å²) in [5.74, 6) is 0.293. The van der Waals surface area contributed by atoms with E-state index in [1.807, 2.05) is 6.07 Å². The summed E-state index contributed by atoms with van der Waals surface area (Å²) in [5, 5.41) is 2.75. The normalized spacial score (nSPS) is 20.2. The molecular formula is C15H24ClN3OS. The molecule has 1 aromatic rings. The first-order valence-corrected chi connectivity index (χ1v) is 8.72. The Kier molecular flexibility index (Phi) is 6.05. The van der Waals surface area contributed by atoms with Crippen LogP contribution in [0, 0.1) is 5.92 Å². The van der Waals surface area contributed by atoms with E-state index in [1.54, 1.807) is 18.4 Å². The summed E-state index contributed by atoms with van der Waals surface area (Å²) in [6.07, 6.45) is 2.72. The number of nitrogens with one attached hydrogen (secondary N) is 1. The standard InChI is InChI=1S/C15H24ClN3OS/c1-3-11(17)14(12-4-5-13(16)21-12)19-8-6-10(7-9-19)15(20)18-2/h4-5,10-11,14H,3,6-9,17H2,1-2H3,(H,18,20). The number of likely N-dealkylation sites (tertiary alicyclic amines) is 1. The van der Waals surface area contributed by atoms with Crippen LogP contribution in [0.3, 0.4) is 0 Å². The number of nitrogens with two attached hydrogens (primary N) is 1. The molecule has 4 nitrogen and oxygen atoms in total. The van der Waals surface area contributed by atoms with Gasteiger partial charge in [0, 0.05) is 23.9 Å². The van der Waals surface area contributed by atoms with Crippen molar-refractivity contribution < 1.29 is 4.79 Å². The van der Waals surface area contributed by atoms with E-state index in [2.05, 4.69) is 23.2 Å². The molecule has 1 aliphatic heterocycles. The van der Waals surface area contributed by atoms with E-state index in [-0.39, 0.29) is 23.9 Å². The van der Waals surface area contributed by atoms with Gasteiger partial charge in [0.1, 0.15) is 0 Å². The second-order valence-electron chi connectivity index (χ2n) is 5.58. The molecule has 0 saturated carbocycles. The minimum Gasteiger partial charge on any atom is -0.359 e. The summed E-state index contributed by atoms with van der Waals surface area (Å²) in [7, 11) is 1.71. The summed E-state index contributed by atoms with van der Waals surface area (Å²) in [6, 6.07) is 4.32. The largest absolute Gasteiger partial charge is 0.359 e. The van der Waals surface area contributed by atoms with E-state index in [0.29, 0.717) is 0 Å². The molecule has 6 heteroatoms. The highest BCUT2D eigenvalue weighted by Gasteiger charge is 2.32. The van der Waals surface area contributed by atoms with Gasteiger partial charge in [-0.2, -0.15) is 0 Å².